The molecule has 1 saturated heterocycles. The van der Waals surface area contributed by atoms with E-state index in [9.17, 15) is 9.59 Å². The Morgan fingerprint density at radius 1 is 1.15 bits per heavy atom. The molecule has 7 heteroatoms. The third kappa shape index (κ3) is 3.70. The van der Waals surface area contributed by atoms with E-state index in [4.69, 9.17) is 5.26 Å². The Morgan fingerprint density at radius 2 is 1.85 bits per heavy atom. The fraction of sp³-hybridized carbons (Fsp3) is 0.400. The maximum Gasteiger partial charge on any atom is 0.254 e. The lowest BCUT2D eigenvalue weighted by Gasteiger charge is -2.32. The van der Waals surface area contributed by atoms with E-state index in [1.807, 2.05) is 4.90 Å². The van der Waals surface area contributed by atoms with E-state index in [-0.39, 0.29) is 18.4 Å². The fourth-order valence-electron chi connectivity index (χ4n) is 3.55. The molecule has 1 aliphatic heterocycles. The first kappa shape index (κ1) is 17.3. The number of nitrogens with one attached hydrogen (secondary N) is 1. The smallest absolute Gasteiger partial charge is 0.254 e. The molecule has 0 bridgehead atoms. The number of nitrogens with zero attached hydrogens (tertiary/aromatic N) is 4. The van der Waals surface area contributed by atoms with Gasteiger partial charge in [-0.05, 0) is 55.4 Å². The molecule has 2 aromatic rings. The van der Waals surface area contributed by atoms with Crippen molar-refractivity contribution in [3.63, 3.8) is 0 Å². The highest BCUT2D eigenvalue weighted by atomic mass is 16.2. The van der Waals surface area contributed by atoms with Crippen molar-refractivity contribution in [1.29, 1.82) is 5.26 Å². The normalized spacial score (nSPS) is 17.4. The number of hydrogen-bond acceptors (Lipinski definition) is 4. The third-order valence-electron chi connectivity index (χ3n) is 5.64. The molecule has 27 heavy (non-hydrogen) atoms. The predicted molar refractivity (Wildman–Crippen MR) is 98.1 cm³/mol. The summed E-state index contributed by atoms with van der Waals surface area (Å²) in [7, 11) is 0. The third-order valence-corrected chi connectivity index (χ3v) is 5.64. The predicted octanol–water partition coefficient (Wildman–Crippen LogP) is 1.88. The molecule has 0 atom stereocenters. The number of rotatable bonds is 4. The number of carbonyl (C=O) groups is 2. The fourth-order valence-corrected chi connectivity index (χ4v) is 3.55. The van der Waals surface area contributed by atoms with Crippen LogP contribution in [0.5, 0.6) is 0 Å². The van der Waals surface area contributed by atoms with E-state index < -0.39 is 0 Å². The van der Waals surface area contributed by atoms with Crippen LogP contribution in [0.15, 0.2) is 36.7 Å². The Kier molecular flexibility index (Phi) is 4.40. The average molecular weight is 363 g/mol. The zero-order valence-corrected chi connectivity index (χ0v) is 15.0. The van der Waals surface area contributed by atoms with Crippen LogP contribution in [-0.4, -0.2) is 46.1 Å². The van der Waals surface area contributed by atoms with Crippen LogP contribution < -0.4 is 5.32 Å². The maximum atomic E-state index is 12.3. The van der Waals surface area contributed by atoms with Crippen molar-refractivity contribution in [3.8, 4) is 11.8 Å². The second kappa shape index (κ2) is 6.88. The summed E-state index contributed by atoms with van der Waals surface area (Å²) in [5, 5.41) is 15.7. The van der Waals surface area contributed by atoms with Gasteiger partial charge in [0.1, 0.15) is 0 Å². The summed E-state index contributed by atoms with van der Waals surface area (Å²) in [6.07, 6.45) is 7.85. The molecule has 0 radical (unpaired) electrons. The number of piperidine rings is 1. The molecule has 2 amide bonds. The lowest BCUT2D eigenvalue weighted by Crippen LogP contribution is -2.44. The Hall–Kier alpha value is -3.14. The van der Waals surface area contributed by atoms with Crippen molar-refractivity contribution in [2.45, 2.75) is 25.7 Å². The van der Waals surface area contributed by atoms with Crippen LogP contribution in [0.2, 0.25) is 0 Å². The van der Waals surface area contributed by atoms with E-state index in [1.165, 1.54) is 19.0 Å². The standard InChI is InChI=1S/C20H21N5O2/c21-11-15-1-3-17(4-2-15)25-14-16(12-23-25)19(27)22-13-18(26)24-9-7-20(5-6-20)8-10-24/h1-4,12,14H,5-10,13H2,(H,22,27). The second-order valence-corrected chi connectivity index (χ2v) is 7.40. The minimum atomic E-state index is -0.320. The number of carbonyl (C=O) groups excluding carboxylic acids is 2. The Bertz CT molecular complexity index is 895. The molecule has 1 aromatic carbocycles. The molecule has 1 aromatic heterocycles. The van der Waals surface area contributed by atoms with Crippen LogP contribution in [0.1, 0.15) is 41.6 Å². The zero-order valence-electron chi connectivity index (χ0n) is 15.0. The Morgan fingerprint density at radius 3 is 2.48 bits per heavy atom. The van der Waals surface area contributed by atoms with Crippen molar-refractivity contribution in [2.24, 2.45) is 5.41 Å². The molecule has 4 rings (SSSR count). The lowest BCUT2D eigenvalue weighted by molar-refractivity contribution is -0.131. The molecule has 1 spiro atoms. The topological polar surface area (TPSA) is 91.0 Å². The summed E-state index contributed by atoms with van der Waals surface area (Å²) in [4.78, 5) is 26.5. The zero-order chi connectivity index (χ0) is 18.9. The first-order valence-electron chi connectivity index (χ1n) is 9.20. The molecular weight excluding hydrogens is 342 g/mol. The summed E-state index contributed by atoms with van der Waals surface area (Å²) in [5.74, 6) is -0.350. The molecule has 2 fully saturated rings. The van der Waals surface area contributed by atoms with Crippen molar-refractivity contribution in [3.05, 3.63) is 47.8 Å². The van der Waals surface area contributed by atoms with Crippen molar-refractivity contribution in [1.82, 2.24) is 20.0 Å². The van der Waals surface area contributed by atoms with E-state index in [1.54, 1.807) is 35.1 Å². The van der Waals surface area contributed by atoms with Gasteiger partial charge in [-0.15, -0.1) is 0 Å². The number of amides is 2. The van der Waals surface area contributed by atoms with Crippen LogP contribution in [0.4, 0.5) is 0 Å². The van der Waals surface area contributed by atoms with Crippen molar-refractivity contribution in [2.75, 3.05) is 19.6 Å². The minimum Gasteiger partial charge on any atom is -0.343 e. The van der Waals surface area contributed by atoms with Crippen LogP contribution >= 0.6 is 0 Å². The summed E-state index contributed by atoms with van der Waals surface area (Å²) in [5.41, 5.74) is 2.24. The van der Waals surface area contributed by atoms with Crippen molar-refractivity contribution < 1.29 is 9.59 Å². The van der Waals surface area contributed by atoms with E-state index in [0.717, 1.165) is 31.6 Å². The van der Waals surface area contributed by atoms with Gasteiger partial charge in [-0.1, -0.05) is 0 Å². The van der Waals surface area contributed by atoms with Crippen LogP contribution in [0, 0.1) is 16.7 Å². The molecule has 1 saturated carbocycles. The minimum absolute atomic E-state index is 0.00782. The van der Waals surface area contributed by atoms with Gasteiger partial charge in [-0.25, -0.2) is 4.68 Å². The van der Waals surface area contributed by atoms with Crippen molar-refractivity contribution >= 4 is 11.8 Å². The van der Waals surface area contributed by atoms with Gasteiger partial charge >= 0.3 is 0 Å². The van der Waals surface area contributed by atoms with Gasteiger partial charge < -0.3 is 10.2 Å². The van der Waals surface area contributed by atoms with Gasteiger partial charge in [0.25, 0.3) is 5.91 Å². The van der Waals surface area contributed by atoms with Gasteiger partial charge in [0.05, 0.1) is 35.6 Å². The SMILES string of the molecule is N#Cc1ccc(-n2cc(C(=O)NCC(=O)N3CCC4(CC3)CC4)cn2)cc1. The molecule has 0 unspecified atom stereocenters. The van der Waals surface area contributed by atoms with E-state index in [2.05, 4.69) is 16.5 Å². The lowest BCUT2D eigenvalue weighted by atomic mass is 9.94. The monoisotopic (exact) mass is 363 g/mol. The highest BCUT2D eigenvalue weighted by Gasteiger charge is 2.44. The molecule has 1 aliphatic carbocycles. The molecule has 138 valence electrons. The first-order chi connectivity index (χ1) is 13.1. The highest BCUT2D eigenvalue weighted by Crippen LogP contribution is 2.53. The summed E-state index contributed by atoms with van der Waals surface area (Å²) in [6.45, 7) is 1.60. The first-order valence-corrected chi connectivity index (χ1v) is 9.20. The van der Waals surface area contributed by atoms with Crippen LogP contribution in [0.25, 0.3) is 5.69 Å². The highest BCUT2D eigenvalue weighted by molar-refractivity contribution is 5.96. The molecule has 1 N–H and O–H groups in total. The number of hydrogen-bond donors (Lipinski definition) is 1. The van der Waals surface area contributed by atoms with Crippen LogP contribution in [0.3, 0.4) is 0 Å². The molecule has 2 aliphatic rings. The largest absolute Gasteiger partial charge is 0.343 e. The molecular formula is C20H21N5O2. The van der Waals surface area contributed by atoms with Gasteiger partial charge in [0.15, 0.2) is 0 Å². The summed E-state index contributed by atoms with van der Waals surface area (Å²) >= 11 is 0. The number of likely N-dealkylation sites (tertiary alicyclic amines) is 1. The Labute approximate surface area is 157 Å². The number of benzene rings is 1. The molecule has 7 nitrogen and oxygen atoms in total. The van der Waals surface area contributed by atoms with Gasteiger partial charge in [-0.2, -0.15) is 10.4 Å². The molecule has 2 heterocycles. The summed E-state index contributed by atoms with van der Waals surface area (Å²) < 4.78 is 1.57. The second-order valence-electron chi connectivity index (χ2n) is 7.40. The quantitative estimate of drug-likeness (QED) is 0.898. The van der Waals surface area contributed by atoms with E-state index >= 15 is 0 Å². The maximum absolute atomic E-state index is 12.3. The summed E-state index contributed by atoms with van der Waals surface area (Å²) in [6, 6.07) is 8.98. The number of nitriles is 1. The van der Waals surface area contributed by atoms with Gasteiger partial charge in [0.2, 0.25) is 5.91 Å². The van der Waals surface area contributed by atoms with E-state index in [0.29, 0.717) is 16.5 Å². The van der Waals surface area contributed by atoms with Gasteiger partial charge in [0, 0.05) is 19.3 Å². The Balaban J connectivity index is 1.31. The number of aromatic nitrogens is 2. The average Bonchev–Trinajstić information content (AvgIpc) is 3.27. The van der Waals surface area contributed by atoms with Gasteiger partial charge in [-0.3, -0.25) is 9.59 Å². The van der Waals surface area contributed by atoms with Crippen LogP contribution in [-0.2, 0) is 4.79 Å².